The van der Waals surface area contributed by atoms with E-state index in [1.807, 2.05) is 0 Å². The number of aromatic hydroxyl groups is 1. The number of rotatable bonds is 4. The van der Waals surface area contributed by atoms with Crippen molar-refractivity contribution in [1.29, 1.82) is 0 Å². The van der Waals surface area contributed by atoms with Gasteiger partial charge in [0.2, 0.25) is 0 Å². The summed E-state index contributed by atoms with van der Waals surface area (Å²) in [5.41, 5.74) is 4.83. The van der Waals surface area contributed by atoms with Gasteiger partial charge in [0.1, 0.15) is 5.75 Å². The number of benzene rings is 1. The number of hydrogen-bond acceptors (Lipinski definition) is 6. The molecule has 0 aliphatic heterocycles. The first-order valence-corrected chi connectivity index (χ1v) is 5.95. The van der Waals surface area contributed by atoms with Crippen molar-refractivity contribution in [3.05, 3.63) is 33.4 Å². The number of ether oxygens (including phenoxy) is 1. The van der Waals surface area contributed by atoms with Crippen LogP contribution < -0.4 is 5.73 Å². The molecule has 0 bridgehead atoms. The Labute approximate surface area is 116 Å². The molecule has 0 saturated heterocycles. The quantitative estimate of drug-likeness (QED) is 0.494. The smallest absolute Gasteiger partial charge is 0.313 e. The van der Waals surface area contributed by atoms with E-state index < -0.39 is 22.3 Å². The molecule has 0 aliphatic carbocycles. The Morgan fingerprint density at radius 2 is 2.05 bits per heavy atom. The predicted molar refractivity (Wildman–Crippen MR) is 72.2 cm³/mol. The lowest BCUT2D eigenvalue weighted by molar-refractivity contribution is -0.386. The zero-order chi connectivity index (χ0) is 15.7. The summed E-state index contributed by atoms with van der Waals surface area (Å²) in [4.78, 5) is 22.2. The fraction of sp³-hybridized carbons (Fsp3) is 0.462. The van der Waals surface area contributed by atoms with Crippen LogP contribution in [0.5, 0.6) is 5.75 Å². The second kappa shape index (κ2) is 5.46. The van der Waals surface area contributed by atoms with Crippen molar-refractivity contribution in [1.82, 2.24) is 0 Å². The van der Waals surface area contributed by atoms with E-state index in [1.165, 1.54) is 33.1 Å². The maximum absolute atomic E-state index is 11.8. The summed E-state index contributed by atoms with van der Waals surface area (Å²) in [5, 5.41) is 21.2. The zero-order valence-electron chi connectivity index (χ0n) is 11.8. The Morgan fingerprint density at radius 1 is 1.50 bits per heavy atom. The van der Waals surface area contributed by atoms with Crippen LogP contribution in [0.4, 0.5) is 5.69 Å². The number of carbonyl (C=O) groups is 1. The lowest BCUT2D eigenvalue weighted by Gasteiger charge is -2.29. The van der Waals surface area contributed by atoms with Crippen molar-refractivity contribution in [3.63, 3.8) is 0 Å². The van der Waals surface area contributed by atoms with Crippen LogP contribution >= 0.6 is 0 Å². The molecule has 1 atom stereocenters. The summed E-state index contributed by atoms with van der Waals surface area (Å²) in [6.45, 7) is 4.62. The number of methoxy groups -OCH3 is 1. The molecule has 3 N–H and O–H groups in total. The molecule has 0 fully saturated rings. The largest absolute Gasteiger partial charge is 0.507 e. The zero-order valence-corrected chi connectivity index (χ0v) is 11.8. The number of esters is 1. The number of nitrogens with two attached hydrogens (primary N) is 1. The Morgan fingerprint density at radius 3 is 2.50 bits per heavy atom. The minimum Gasteiger partial charge on any atom is -0.507 e. The van der Waals surface area contributed by atoms with E-state index in [2.05, 4.69) is 4.74 Å². The average Bonchev–Trinajstić information content (AvgIpc) is 2.39. The number of nitro groups is 1. The van der Waals surface area contributed by atoms with Crippen LogP contribution in [0, 0.1) is 22.5 Å². The van der Waals surface area contributed by atoms with Crippen molar-refractivity contribution in [2.45, 2.75) is 26.8 Å². The molecule has 20 heavy (non-hydrogen) atoms. The Hall–Kier alpha value is -2.15. The average molecular weight is 282 g/mol. The van der Waals surface area contributed by atoms with Gasteiger partial charge in [-0.1, -0.05) is 0 Å². The van der Waals surface area contributed by atoms with Gasteiger partial charge in [-0.3, -0.25) is 14.9 Å². The highest BCUT2D eigenvalue weighted by Crippen LogP contribution is 2.42. The minimum atomic E-state index is -1.22. The molecular formula is C13H18N2O5. The molecule has 110 valence electrons. The first-order valence-electron chi connectivity index (χ1n) is 5.95. The summed E-state index contributed by atoms with van der Waals surface area (Å²) < 4.78 is 4.66. The molecule has 0 aromatic heterocycles. The highest BCUT2D eigenvalue weighted by molar-refractivity contribution is 5.78. The number of hydrogen-bond donors (Lipinski definition) is 2. The number of carbonyl (C=O) groups excluding carboxylic acids is 1. The summed E-state index contributed by atoms with van der Waals surface area (Å²) in [6.07, 6.45) is 0. The normalized spacial score (nSPS) is 12.8. The standard InChI is InChI=1S/C13H18N2O5/c1-7-5-6-8(15(18)19)9(10(7)16)11(14)13(2,3)12(17)20-4/h5-6,11,16H,14H2,1-4H3/t11-/m1/s1. The van der Waals surface area contributed by atoms with E-state index in [4.69, 9.17) is 5.73 Å². The van der Waals surface area contributed by atoms with Crippen LogP contribution in [-0.2, 0) is 9.53 Å². The molecule has 0 spiro atoms. The Balaban J connectivity index is 3.49. The second-order valence-corrected chi connectivity index (χ2v) is 5.11. The SMILES string of the molecule is COC(=O)C(C)(C)[C@H](N)c1c([N+](=O)[O-])ccc(C)c1O. The molecule has 0 amide bonds. The highest BCUT2D eigenvalue weighted by atomic mass is 16.6. The highest BCUT2D eigenvalue weighted by Gasteiger charge is 2.41. The van der Waals surface area contributed by atoms with E-state index in [0.717, 1.165) is 0 Å². The molecule has 0 aliphatic rings. The van der Waals surface area contributed by atoms with E-state index in [1.54, 1.807) is 6.92 Å². The van der Waals surface area contributed by atoms with Gasteiger partial charge in [0, 0.05) is 6.07 Å². The molecule has 1 rings (SSSR count). The van der Waals surface area contributed by atoms with Crippen LogP contribution in [0.3, 0.4) is 0 Å². The fourth-order valence-electron chi connectivity index (χ4n) is 1.92. The second-order valence-electron chi connectivity index (χ2n) is 5.11. The molecule has 0 saturated carbocycles. The third kappa shape index (κ3) is 2.57. The summed E-state index contributed by atoms with van der Waals surface area (Å²) in [7, 11) is 1.21. The van der Waals surface area contributed by atoms with Crippen LogP contribution in [0.2, 0.25) is 0 Å². The Kier molecular flexibility index (Phi) is 4.34. The van der Waals surface area contributed by atoms with Crippen LogP contribution in [0.1, 0.15) is 31.0 Å². The van der Waals surface area contributed by atoms with Crippen molar-refractivity contribution >= 4 is 11.7 Å². The lowest BCUT2D eigenvalue weighted by Crippen LogP contribution is -2.37. The van der Waals surface area contributed by atoms with E-state index in [9.17, 15) is 20.0 Å². The first-order chi connectivity index (χ1) is 9.14. The molecule has 1 aromatic carbocycles. The third-order valence-electron chi connectivity index (χ3n) is 3.39. The maximum Gasteiger partial charge on any atom is 0.313 e. The number of nitrogens with zero attached hydrogens (tertiary/aromatic N) is 1. The van der Waals surface area contributed by atoms with Gasteiger partial charge in [-0.2, -0.15) is 0 Å². The van der Waals surface area contributed by atoms with E-state index >= 15 is 0 Å². The van der Waals surface area contributed by atoms with Gasteiger partial charge in [0.05, 0.1) is 29.1 Å². The molecule has 0 heterocycles. The lowest BCUT2D eigenvalue weighted by atomic mass is 9.79. The van der Waals surface area contributed by atoms with Gasteiger partial charge in [0.15, 0.2) is 0 Å². The number of nitro benzene ring substituents is 1. The van der Waals surface area contributed by atoms with Gasteiger partial charge in [0.25, 0.3) is 5.69 Å². The van der Waals surface area contributed by atoms with Crippen LogP contribution in [-0.4, -0.2) is 23.1 Å². The Bertz CT molecular complexity index is 554. The molecule has 7 heteroatoms. The van der Waals surface area contributed by atoms with Crippen molar-refractivity contribution < 1.29 is 19.6 Å². The number of phenolic OH excluding ortho intramolecular Hbond substituents is 1. The molecule has 1 aromatic rings. The van der Waals surface area contributed by atoms with Gasteiger partial charge in [-0.25, -0.2) is 0 Å². The van der Waals surface area contributed by atoms with Gasteiger partial charge in [-0.05, 0) is 32.4 Å². The molecular weight excluding hydrogens is 264 g/mol. The summed E-state index contributed by atoms with van der Waals surface area (Å²) in [6, 6.07) is 1.61. The third-order valence-corrected chi connectivity index (χ3v) is 3.39. The fourth-order valence-corrected chi connectivity index (χ4v) is 1.92. The monoisotopic (exact) mass is 282 g/mol. The van der Waals surface area contributed by atoms with Gasteiger partial charge >= 0.3 is 5.97 Å². The van der Waals surface area contributed by atoms with Gasteiger partial charge in [-0.15, -0.1) is 0 Å². The molecule has 0 unspecified atom stereocenters. The first kappa shape index (κ1) is 15.9. The topological polar surface area (TPSA) is 116 Å². The minimum absolute atomic E-state index is 0.0644. The van der Waals surface area contributed by atoms with E-state index in [-0.39, 0.29) is 17.0 Å². The molecule has 0 radical (unpaired) electrons. The molecule has 7 nitrogen and oxygen atoms in total. The number of phenols is 1. The number of aryl methyl sites for hydroxylation is 1. The summed E-state index contributed by atoms with van der Waals surface area (Å²) >= 11 is 0. The maximum atomic E-state index is 11.8. The van der Waals surface area contributed by atoms with Crippen molar-refractivity contribution in [2.75, 3.05) is 7.11 Å². The summed E-state index contributed by atoms with van der Waals surface area (Å²) in [5.74, 6) is -0.885. The van der Waals surface area contributed by atoms with Crippen LogP contribution in [0.15, 0.2) is 12.1 Å². The van der Waals surface area contributed by atoms with Crippen LogP contribution in [0.25, 0.3) is 0 Å². The van der Waals surface area contributed by atoms with Crippen molar-refractivity contribution in [2.24, 2.45) is 11.1 Å². The van der Waals surface area contributed by atoms with Gasteiger partial charge < -0.3 is 15.6 Å². The predicted octanol–water partition coefficient (Wildman–Crippen LogP) is 1.81. The van der Waals surface area contributed by atoms with E-state index in [0.29, 0.717) is 5.56 Å². The van der Waals surface area contributed by atoms with Crippen molar-refractivity contribution in [3.8, 4) is 5.75 Å².